The summed E-state index contributed by atoms with van der Waals surface area (Å²) in [5.74, 6) is -0.810. The highest BCUT2D eigenvalue weighted by Crippen LogP contribution is 2.49. The second kappa shape index (κ2) is 12.0. The number of hydrogen-bond donors (Lipinski definition) is 5. The first-order valence-electron chi connectivity index (χ1n) is 13.9. The van der Waals surface area contributed by atoms with Crippen molar-refractivity contribution in [2.24, 2.45) is 5.73 Å². The molecule has 1 aliphatic carbocycles. The Morgan fingerprint density at radius 3 is 2.20 bits per heavy atom. The number of carbonyl (C=O) groups excluding carboxylic acids is 2. The van der Waals surface area contributed by atoms with Crippen molar-refractivity contribution in [3.63, 3.8) is 0 Å². The third-order valence-corrected chi connectivity index (χ3v) is 8.33. The van der Waals surface area contributed by atoms with E-state index < -0.39 is 23.8 Å². The summed E-state index contributed by atoms with van der Waals surface area (Å²) in [5.41, 5.74) is 8.78. The maximum atomic E-state index is 14.4. The van der Waals surface area contributed by atoms with Crippen LogP contribution in [0, 0.1) is 0 Å². The van der Waals surface area contributed by atoms with E-state index in [-0.39, 0.29) is 42.8 Å². The lowest BCUT2D eigenvalue weighted by Crippen LogP contribution is -2.55. The summed E-state index contributed by atoms with van der Waals surface area (Å²) < 4.78 is 0. The average Bonchev–Trinajstić information content (AvgIpc) is 3.46. The molecule has 0 saturated heterocycles. The number of carbonyl (C=O) groups is 3. The lowest BCUT2D eigenvalue weighted by atomic mass is 9.77. The molecule has 0 saturated carbocycles. The van der Waals surface area contributed by atoms with Crippen LogP contribution in [0.4, 0.5) is 4.79 Å². The zero-order valence-corrected chi connectivity index (χ0v) is 22.7. The van der Waals surface area contributed by atoms with Gasteiger partial charge in [-0.25, -0.2) is 4.79 Å². The van der Waals surface area contributed by atoms with Crippen LogP contribution in [0.5, 0.6) is 0 Å². The van der Waals surface area contributed by atoms with Crippen molar-refractivity contribution in [1.82, 2.24) is 10.6 Å². The number of aliphatic hydroxyl groups is 1. The van der Waals surface area contributed by atoms with Gasteiger partial charge in [0.1, 0.15) is 5.54 Å². The van der Waals surface area contributed by atoms with E-state index in [4.69, 9.17) is 5.73 Å². The third kappa shape index (κ3) is 6.18. The molecule has 0 fully saturated rings. The standard InChI is InChI=1S/C33H35N3O5/c34-30(38)17-23-16-26(25-14-8-7-13-24(23)25)27-20-35-33(31(27)39,18-22-11-5-2-6-12-22)19-29(37)28(36-32(40)41)15-21-9-3-1-4-10-21/h1-14,20,23,26,28-29,35-37H,15-19H2,(H2,34,38)(H,40,41)/t23-,26-,28?,29?,33+/m1/s1. The highest BCUT2D eigenvalue weighted by molar-refractivity contribution is 6.06. The summed E-state index contributed by atoms with van der Waals surface area (Å²) in [4.78, 5) is 37.9. The number of nitrogens with two attached hydrogens (primary N) is 1. The first-order chi connectivity index (χ1) is 19.8. The maximum Gasteiger partial charge on any atom is 0.404 e. The first kappa shape index (κ1) is 28.1. The number of Topliss-reactive ketones (excluding diaryl/α,β-unsaturated/α-hetero) is 1. The van der Waals surface area contributed by atoms with E-state index in [1.54, 1.807) is 6.20 Å². The van der Waals surface area contributed by atoms with Crippen LogP contribution in [0.25, 0.3) is 0 Å². The van der Waals surface area contributed by atoms with Crippen LogP contribution in [0.15, 0.2) is 96.7 Å². The predicted octanol–water partition coefficient (Wildman–Crippen LogP) is 3.80. The van der Waals surface area contributed by atoms with Gasteiger partial charge in [-0.1, -0.05) is 84.9 Å². The third-order valence-electron chi connectivity index (χ3n) is 8.33. The minimum absolute atomic E-state index is 0.00239. The van der Waals surface area contributed by atoms with Gasteiger partial charge >= 0.3 is 6.09 Å². The van der Waals surface area contributed by atoms with Crippen LogP contribution in [-0.4, -0.2) is 45.7 Å². The number of hydrogen-bond acceptors (Lipinski definition) is 5. The Morgan fingerprint density at radius 1 is 0.951 bits per heavy atom. The molecule has 1 heterocycles. The van der Waals surface area contributed by atoms with Crippen LogP contribution >= 0.6 is 0 Å². The molecule has 8 nitrogen and oxygen atoms in total. The van der Waals surface area contributed by atoms with Crippen LogP contribution in [0.1, 0.15) is 53.4 Å². The Balaban J connectivity index is 1.44. The lowest BCUT2D eigenvalue weighted by molar-refractivity contribution is -0.122. The molecule has 3 aromatic carbocycles. The lowest BCUT2D eigenvalue weighted by Gasteiger charge is -2.34. The number of carboxylic acid groups (broad SMARTS) is 1. The predicted molar refractivity (Wildman–Crippen MR) is 155 cm³/mol. The Morgan fingerprint density at radius 2 is 1.56 bits per heavy atom. The van der Waals surface area contributed by atoms with Crippen molar-refractivity contribution in [2.75, 3.05) is 0 Å². The second-order valence-electron chi connectivity index (χ2n) is 11.1. The molecule has 2 aliphatic rings. The van der Waals surface area contributed by atoms with Crippen LogP contribution in [0.2, 0.25) is 0 Å². The quantitative estimate of drug-likeness (QED) is 0.245. The highest BCUT2D eigenvalue weighted by atomic mass is 16.4. The Hall–Kier alpha value is -4.43. The van der Waals surface area contributed by atoms with Gasteiger partial charge in [0.25, 0.3) is 0 Å². The van der Waals surface area contributed by atoms with Crippen molar-refractivity contribution in [3.05, 3.63) is 119 Å². The molecule has 0 spiro atoms. The fourth-order valence-electron chi connectivity index (χ4n) is 6.46. The van der Waals surface area contributed by atoms with Crippen LogP contribution < -0.4 is 16.4 Å². The summed E-state index contributed by atoms with van der Waals surface area (Å²) in [6, 6.07) is 25.9. The van der Waals surface area contributed by atoms with Crippen LogP contribution in [0.3, 0.4) is 0 Å². The number of amides is 2. The van der Waals surface area contributed by atoms with Gasteiger partial charge in [-0.3, -0.25) is 9.59 Å². The summed E-state index contributed by atoms with van der Waals surface area (Å²) in [5, 5.41) is 26.9. The molecule has 41 heavy (non-hydrogen) atoms. The Labute approximate surface area is 239 Å². The van der Waals surface area contributed by atoms with Crippen molar-refractivity contribution < 1.29 is 24.6 Å². The van der Waals surface area contributed by atoms with E-state index in [0.717, 1.165) is 22.3 Å². The van der Waals surface area contributed by atoms with Crippen LogP contribution in [-0.2, 0) is 22.4 Å². The summed E-state index contributed by atoms with van der Waals surface area (Å²) in [6.07, 6.45) is 0.733. The number of aliphatic hydroxyl groups excluding tert-OH is 1. The monoisotopic (exact) mass is 553 g/mol. The molecule has 2 unspecified atom stereocenters. The zero-order chi connectivity index (χ0) is 29.0. The van der Waals surface area contributed by atoms with Gasteiger partial charge in [-0.05, 0) is 41.0 Å². The zero-order valence-electron chi connectivity index (χ0n) is 22.7. The molecule has 0 aromatic heterocycles. The minimum atomic E-state index is -1.24. The number of benzene rings is 3. The van der Waals surface area contributed by atoms with E-state index in [9.17, 15) is 24.6 Å². The second-order valence-corrected chi connectivity index (χ2v) is 11.1. The summed E-state index contributed by atoms with van der Waals surface area (Å²) in [6.45, 7) is 0. The first-order valence-corrected chi connectivity index (χ1v) is 13.9. The fourth-order valence-corrected chi connectivity index (χ4v) is 6.46. The number of rotatable bonds is 11. The SMILES string of the molecule is NC(=O)C[C@H]1C[C@@H](C2=CN[C@@](Cc3ccccc3)(CC(O)C(Cc3ccccc3)NC(=O)O)C2=O)c2ccccc21. The van der Waals surface area contributed by atoms with Crippen molar-refractivity contribution in [3.8, 4) is 0 Å². The molecule has 3 aromatic rings. The van der Waals surface area contributed by atoms with Gasteiger partial charge in [-0.15, -0.1) is 0 Å². The van der Waals surface area contributed by atoms with E-state index in [0.29, 0.717) is 18.4 Å². The molecule has 8 heteroatoms. The topological polar surface area (TPSA) is 142 Å². The molecule has 1 aliphatic heterocycles. The molecule has 0 bridgehead atoms. The van der Waals surface area contributed by atoms with E-state index in [1.807, 2.05) is 84.9 Å². The molecular formula is C33H35N3O5. The van der Waals surface area contributed by atoms with Gasteiger partial charge in [0.15, 0.2) is 5.78 Å². The fraction of sp³-hybridized carbons (Fsp3) is 0.303. The largest absolute Gasteiger partial charge is 0.465 e. The van der Waals surface area contributed by atoms with Crippen molar-refractivity contribution in [2.45, 2.75) is 61.6 Å². The number of fused-ring (bicyclic) bond motifs is 1. The smallest absolute Gasteiger partial charge is 0.404 e. The van der Waals surface area contributed by atoms with Gasteiger partial charge < -0.3 is 26.6 Å². The molecule has 5 atom stereocenters. The minimum Gasteiger partial charge on any atom is -0.465 e. The van der Waals surface area contributed by atoms with Gasteiger partial charge in [0.2, 0.25) is 5.91 Å². The molecule has 2 amide bonds. The molecular weight excluding hydrogens is 518 g/mol. The average molecular weight is 554 g/mol. The molecule has 0 radical (unpaired) electrons. The molecule has 212 valence electrons. The highest BCUT2D eigenvalue weighted by Gasteiger charge is 2.49. The molecule has 5 rings (SSSR count). The van der Waals surface area contributed by atoms with Gasteiger partial charge in [0, 0.05) is 37.0 Å². The maximum absolute atomic E-state index is 14.4. The summed E-state index contributed by atoms with van der Waals surface area (Å²) in [7, 11) is 0. The normalized spacial score (nSPS) is 22.8. The number of ketones is 1. The van der Waals surface area contributed by atoms with E-state index in [1.165, 1.54) is 0 Å². The Bertz CT molecular complexity index is 1440. The Kier molecular flexibility index (Phi) is 8.21. The van der Waals surface area contributed by atoms with E-state index >= 15 is 0 Å². The number of primary amides is 1. The van der Waals surface area contributed by atoms with Gasteiger partial charge in [-0.2, -0.15) is 0 Å². The van der Waals surface area contributed by atoms with Crippen molar-refractivity contribution in [1.29, 1.82) is 0 Å². The van der Waals surface area contributed by atoms with E-state index in [2.05, 4.69) is 10.6 Å². The summed E-state index contributed by atoms with van der Waals surface area (Å²) >= 11 is 0. The molecule has 6 N–H and O–H groups in total. The van der Waals surface area contributed by atoms with Gasteiger partial charge in [0.05, 0.1) is 12.1 Å². The van der Waals surface area contributed by atoms with Crippen molar-refractivity contribution >= 4 is 17.8 Å². The number of nitrogens with one attached hydrogen (secondary N) is 2.